The minimum absolute atomic E-state index is 0.00516. The van der Waals surface area contributed by atoms with Crippen LogP contribution >= 0.6 is 11.8 Å². The molecule has 3 aromatic carbocycles. The predicted octanol–water partition coefficient (Wildman–Crippen LogP) is -2.36. The summed E-state index contributed by atoms with van der Waals surface area (Å²) in [5, 5.41) is 60.4. The molecule has 0 saturated carbocycles. The van der Waals surface area contributed by atoms with Gasteiger partial charge in [0.25, 0.3) is 0 Å². The van der Waals surface area contributed by atoms with Crippen molar-refractivity contribution < 1.29 is 101 Å². The summed E-state index contributed by atoms with van der Waals surface area (Å²) in [5.41, 5.74) is 18.9. The van der Waals surface area contributed by atoms with Crippen molar-refractivity contribution in [2.45, 2.75) is 234 Å². The van der Waals surface area contributed by atoms with Crippen LogP contribution in [-0.4, -0.2) is 317 Å². The lowest BCUT2D eigenvalue weighted by atomic mass is 10.00. The Hall–Kier alpha value is -13.7. The molecule has 3 fully saturated rings. The van der Waals surface area contributed by atoms with Gasteiger partial charge in [-0.25, -0.2) is 13.8 Å². The Morgan fingerprint density at radius 3 is 1.71 bits per heavy atom. The Morgan fingerprint density at radius 1 is 0.562 bits per heavy atom. The predicted molar refractivity (Wildman–Crippen MR) is 498 cm³/mol. The number of primary amides is 2. The van der Waals surface area contributed by atoms with Crippen LogP contribution in [0.2, 0.25) is 0 Å². The lowest BCUT2D eigenvalue weighted by Gasteiger charge is -2.36. The van der Waals surface area contributed by atoms with E-state index in [0.29, 0.717) is 70.4 Å². The summed E-state index contributed by atoms with van der Waals surface area (Å²) in [7, 11) is 3.78. The number of aromatic amines is 3. The van der Waals surface area contributed by atoms with Crippen LogP contribution < -0.4 is 75.7 Å². The molecule has 0 aliphatic carbocycles. The number of halogens is 2. The number of thioether (sulfide) groups is 1. The number of para-hydroxylation sites is 2. The van der Waals surface area contributed by atoms with Gasteiger partial charge in [-0.05, 0) is 98.7 Å². The van der Waals surface area contributed by atoms with E-state index in [9.17, 15) is 62.1 Å². The number of amides is 17. The third-order valence-electron chi connectivity index (χ3n) is 24.3. The Balaban J connectivity index is 1.11. The smallest absolute Gasteiger partial charge is 0.246 e. The summed E-state index contributed by atoms with van der Waals surface area (Å²) in [6, 6.07) is -5.96. The van der Waals surface area contributed by atoms with Crippen molar-refractivity contribution >= 4 is 140 Å². The van der Waals surface area contributed by atoms with Crippen LogP contribution in [0.1, 0.15) is 141 Å². The van der Waals surface area contributed by atoms with Crippen molar-refractivity contribution in [3.63, 3.8) is 0 Å². The van der Waals surface area contributed by atoms with Crippen LogP contribution in [0, 0.1) is 23.0 Å². The molecule has 744 valence electrons. The number of guanidine groups is 1. The Labute approximate surface area is 793 Å². The number of carbonyl (C=O) groups is 17. The van der Waals surface area contributed by atoms with Crippen LogP contribution in [0.15, 0.2) is 91.5 Å². The number of H-pyrrole nitrogens is 3. The fourth-order valence-electron chi connectivity index (χ4n) is 16.8. The average Bonchev–Trinajstić information content (AvgIpc) is 1.76. The van der Waals surface area contributed by atoms with Crippen molar-refractivity contribution in [2.75, 3.05) is 65.4 Å². The number of unbranched alkanes of at least 4 members (excludes halogenated alkanes) is 2. The number of aromatic nitrogens is 4. The quantitative estimate of drug-likeness (QED) is 0.0153. The van der Waals surface area contributed by atoms with E-state index in [1.54, 1.807) is 74.8 Å². The molecular formula is C91H126F2N24O19S. The zero-order valence-corrected chi connectivity index (χ0v) is 78.6. The third kappa shape index (κ3) is 29.7. The molecule has 6 heterocycles. The number of carbonyl (C=O) groups excluding carboxylic acids is 17. The molecule has 17 amide bonds. The average molecular weight is 1930 g/mol. The van der Waals surface area contributed by atoms with Gasteiger partial charge < -0.3 is 125 Å². The molecule has 43 nitrogen and oxygen atoms in total. The molecule has 15 atom stereocenters. The minimum atomic E-state index is -1.91. The molecule has 3 aromatic heterocycles. The number of aliphatic hydroxyl groups excluding tert-OH is 2. The Bertz CT molecular complexity index is 5330. The first-order valence-corrected chi connectivity index (χ1v) is 46.8. The number of rotatable bonds is 26. The zero-order chi connectivity index (χ0) is 100. The molecule has 137 heavy (non-hydrogen) atoms. The van der Waals surface area contributed by atoms with E-state index in [4.69, 9.17) is 22.6 Å². The maximum absolute atomic E-state index is 15.8. The fraction of sp³-hybridized carbons (Fsp3) is 0.527. The molecule has 9 rings (SSSR count). The van der Waals surface area contributed by atoms with Gasteiger partial charge in [0, 0.05) is 125 Å². The van der Waals surface area contributed by atoms with Crippen LogP contribution in [0.5, 0.6) is 0 Å². The molecule has 6 aromatic rings. The molecule has 46 heteroatoms. The van der Waals surface area contributed by atoms with E-state index in [2.05, 4.69) is 78.4 Å². The van der Waals surface area contributed by atoms with Gasteiger partial charge in [-0.1, -0.05) is 95.8 Å². The molecule has 0 radical (unpaired) electrons. The van der Waals surface area contributed by atoms with Crippen LogP contribution in [0.3, 0.4) is 0 Å². The Kier molecular flexibility index (Phi) is 39.7. The molecule has 0 spiro atoms. The van der Waals surface area contributed by atoms with Crippen LogP contribution in [-0.2, 0) is 107 Å². The number of nitrogens with zero attached hydrogens (tertiary/aromatic N) is 6. The molecule has 3 saturated heterocycles. The van der Waals surface area contributed by atoms with Gasteiger partial charge in [-0.3, -0.25) is 86.9 Å². The number of fused-ring (bicyclic) bond motifs is 4. The number of hydrogen-bond donors (Lipinski definition) is 20. The topological polar surface area (TPSA) is 641 Å². The maximum atomic E-state index is 15.8. The first-order chi connectivity index (χ1) is 65.2. The standard InChI is InChI=1S/C91H126F2N24O19S/c1-9-11-24-69-83(129)105-60(23-17-29-100-91(96)97)79(125)112-68(78(124)103-43-74(95)121)46-137-47-76(122)104-64(35-50-27-28-56(92)57(93)34-50)86(132)113(6)49(5)77(123)108-66(39-73(94)120)88(134)116-32-18-26-70(116)84(130)107-62(40-75-98-30-31-99-75)81(127)109-63(33-48(3)4)89(135)117-44-53(119)38-72(117)85(131)106-61(36-51-41-101-58-21-15-13-19-54(51)58)80(126)111-67(45-118)82(128)110-65(37-52-42-102-59-22-16-14-20-55(52)59)87(133)115(8)71(25-12-10-2)90(136)114(69)7/h13-16,19-22,27-28,30-31,34,41-42,48-49,53,60-72,101-102,118-119H,9-12,17-18,23-26,29,32-33,35-40,43-47H2,1-8H3,(H2,94,120)(H2,95,121)(H,98,99)(H,103,124)(H,104,122)(H,105,129)(H,106,131)(H,107,130)(H,108,123)(H,109,127)(H,110,128)(H,111,126)(H,112,125)(H4,96,97,100)/t49-,53+,60-,61-,62-,63-,64-,65-,66-,67-,68-,69-,70-,71-,72-/m0/s1. The third-order valence-corrected chi connectivity index (χ3v) is 25.4. The summed E-state index contributed by atoms with van der Waals surface area (Å²) in [4.78, 5) is 269. The van der Waals surface area contributed by atoms with Gasteiger partial charge in [0.15, 0.2) is 17.6 Å². The summed E-state index contributed by atoms with van der Waals surface area (Å²) >= 11 is 0.686. The van der Waals surface area contributed by atoms with Crippen molar-refractivity contribution in [1.29, 1.82) is 5.41 Å². The highest BCUT2D eigenvalue weighted by atomic mass is 32.2. The monoisotopic (exact) mass is 1930 g/mol. The van der Waals surface area contributed by atoms with Gasteiger partial charge >= 0.3 is 0 Å². The Morgan fingerprint density at radius 2 is 1.11 bits per heavy atom. The highest BCUT2D eigenvalue weighted by Crippen LogP contribution is 2.28. The van der Waals surface area contributed by atoms with Gasteiger partial charge in [-0.2, -0.15) is 0 Å². The van der Waals surface area contributed by atoms with E-state index in [1.165, 1.54) is 33.4 Å². The lowest BCUT2D eigenvalue weighted by molar-refractivity contribution is -0.149. The molecule has 0 unspecified atom stereocenters. The number of imidazole rings is 1. The number of hydrogen-bond acceptors (Lipinski definition) is 22. The SMILES string of the molecule is CCCC[C@H]1C(=O)N(C)[C@@H](CCCC)C(=O)N[C@@H](CCCNC(=N)N)C(=O)N[C@H](C(=O)NCC(N)=O)CSCC(=O)N[C@@H](Cc2ccc(F)c(F)c2)C(=O)N(C)[C@@H](C)C(=O)N[C@@H](CC(N)=O)C(=O)N2CCC[C@H]2C(=O)N[C@@H](Cc2ncc[nH]2)C(=O)N[C@@H](CC(C)C)C(=O)N2C[C@H](O)C[C@H]2C(=O)N[C@@H](Cc2c[nH]c3ccccc23)C(=O)N[C@@H](CO)C(=O)N[C@@H](Cc2c[nH]c3ccccc23)C(=O)N1C. The van der Waals surface area contributed by atoms with Gasteiger partial charge in [0.2, 0.25) is 100 Å². The second kappa shape index (κ2) is 50.8. The first kappa shape index (κ1) is 107. The van der Waals surface area contributed by atoms with Gasteiger partial charge in [-0.15, -0.1) is 11.8 Å². The number of aliphatic hydroxyl groups is 2. The van der Waals surface area contributed by atoms with Crippen LogP contribution in [0.4, 0.5) is 8.78 Å². The number of likely N-dealkylation sites (N-methyl/N-ethyl adjacent to an activating group) is 3. The maximum Gasteiger partial charge on any atom is 0.246 e. The lowest BCUT2D eigenvalue weighted by Crippen LogP contribution is -2.62. The number of nitrogens with two attached hydrogens (primary N) is 3. The summed E-state index contributed by atoms with van der Waals surface area (Å²) in [5.74, 6) is -21.3. The normalized spacial score (nSPS) is 24.6. The zero-order valence-electron chi connectivity index (χ0n) is 77.8. The largest absolute Gasteiger partial charge is 0.394 e. The summed E-state index contributed by atoms with van der Waals surface area (Å²) < 4.78 is 29.4. The molecule has 3 aliphatic rings. The van der Waals surface area contributed by atoms with Crippen molar-refractivity contribution in [3.05, 3.63) is 126 Å². The summed E-state index contributed by atoms with van der Waals surface area (Å²) in [6.07, 6.45) is 3.01. The van der Waals surface area contributed by atoms with Crippen molar-refractivity contribution in [1.82, 2.24) is 103 Å². The number of benzene rings is 3. The number of nitrogens with one attached hydrogen (secondary N) is 15. The highest BCUT2D eigenvalue weighted by molar-refractivity contribution is 8.00. The van der Waals surface area contributed by atoms with Gasteiger partial charge in [0.05, 0.1) is 31.4 Å². The van der Waals surface area contributed by atoms with E-state index in [1.807, 2.05) is 13.8 Å². The first-order valence-electron chi connectivity index (χ1n) is 45.6. The molecule has 23 N–H and O–H groups in total. The van der Waals surface area contributed by atoms with Gasteiger partial charge in [0.1, 0.15) is 90.4 Å². The van der Waals surface area contributed by atoms with E-state index >= 15 is 38.4 Å². The van der Waals surface area contributed by atoms with Crippen molar-refractivity contribution in [2.24, 2.45) is 23.1 Å². The molecule has 3 aliphatic heterocycles. The van der Waals surface area contributed by atoms with Crippen LogP contribution in [0.25, 0.3) is 21.8 Å². The van der Waals surface area contributed by atoms with E-state index in [0.717, 1.165) is 49.7 Å². The minimum Gasteiger partial charge on any atom is -0.394 e. The van der Waals surface area contributed by atoms with E-state index in [-0.39, 0.29) is 94.6 Å². The summed E-state index contributed by atoms with van der Waals surface area (Å²) in [6.45, 7) is 5.75. The fourth-order valence-corrected chi connectivity index (χ4v) is 17.7. The van der Waals surface area contributed by atoms with E-state index < -0.39 is 259 Å². The van der Waals surface area contributed by atoms with Crippen molar-refractivity contribution in [3.8, 4) is 0 Å². The molecular weight excluding hydrogens is 1800 g/mol. The second-order valence-electron chi connectivity index (χ2n) is 35.0. The second-order valence-corrected chi connectivity index (χ2v) is 36.0. The molecule has 0 bridgehead atoms. The highest BCUT2D eigenvalue weighted by Gasteiger charge is 2.47.